The molecule has 202 valence electrons. The Balaban J connectivity index is 1.75. The van der Waals surface area contributed by atoms with E-state index in [0.717, 1.165) is 25.7 Å². The monoisotopic (exact) mass is 514 g/mol. The Kier molecular flexibility index (Phi) is 12.7. The number of rotatable bonds is 17. The number of hydrogen-bond donors (Lipinski definition) is 3. The summed E-state index contributed by atoms with van der Waals surface area (Å²) in [4.78, 5) is 29.2. The van der Waals surface area contributed by atoms with Crippen LogP contribution in [0.1, 0.15) is 36.0 Å². The van der Waals surface area contributed by atoms with Crippen LogP contribution < -0.4 is 16.8 Å². The van der Waals surface area contributed by atoms with Crippen LogP contribution >= 0.6 is 0 Å². The van der Waals surface area contributed by atoms with Crippen molar-refractivity contribution in [1.82, 2.24) is 10.2 Å². The normalized spacial score (nSPS) is 12.7. The molecular formula is C32H42N4O2. The Morgan fingerprint density at radius 1 is 0.711 bits per heavy atom. The molecule has 0 heterocycles. The molecule has 0 fully saturated rings. The van der Waals surface area contributed by atoms with E-state index in [1.807, 2.05) is 59.5 Å². The van der Waals surface area contributed by atoms with Gasteiger partial charge in [0, 0.05) is 19.6 Å². The predicted octanol–water partition coefficient (Wildman–Crippen LogP) is 3.53. The van der Waals surface area contributed by atoms with Crippen LogP contribution in [0.15, 0.2) is 91.0 Å². The van der Waals surface area contributed by atoms with Crippen molar-refractivity contribution < 1.29 is 9.59 Å². The Morgan fingerprint density at radius 2 is 1.18 bits per heavy atom. The zero-order chi connectivity index (χ0) is 27.0. The van der Waals surface area contributed by atoms with Crippen molar-refractivity contribution in [2.45, 2.75) is 50.6 Å². The van der Waals surface area contributed by atoms with Gasteiger partial charge in [0.1, 0.15) is 0 Å². The molecule has 2 atom stereocenters. The molecule has 0 aromatic heterocycles. The first kappa shape index (κ1) is 29.2. The summed E-state index contributed by atoms with van der Waals surface area (Å²) >= 11 is 0. The van der Waals surface area contributed by atoms with Gasteiger partial charge in [0.15, 0.2) is 11.8 Å². The number of carbonyl (C=O) groups is 2. The maximum absolute atomic E-state index is 13.6. The standard InChI is InChI=1S/C32H42N4O2/c33-22-10-19-29(34)31(37)30(32(38)35-23-11-18-26-12-4-1-5-13-26)36(24-20-27-14-6-2-7-15-27)25-21-28-16-8-3-9-17-28/h1-9,12-17,29-30H,10-11,18-25,33-34H2,(H,35,38)/t29-,30?/m1/s1. The lowest BCUT2D eigenvalue weighted by Gasteiger charge is -2.31. The van der Waals surface area contributed by atoms with Gasteiger partial charge < -0.3 is 16.8 Å². The van der Waals surface area contributed by atoms with Gasteiger partial charge >= 0.3 is 0 Å². The summed E-state index contributed by atoms with van der Waals surface area (Å²) in [5, 5.41) is 3.04. The summed E-state index contributed by atoms with van der Waals surface area (Å²) < 4.78 is 0. The van der Waals surface area contributed by atoms with Crippen molar-refractivity contribution in [3.8, 4) is 0 Å². The average molecular weight is 515 g/mol. The Bertz CT molecular complexity index is 1030. The molecule has 0 bridgehead atoms. The first-order valence-corrected chi connectivity index (χ1v) is 13.7. The molecule has 0 aliphatic rings. The van der Waals surface area contributed by atoms with E-state index in [0.29, 0.717) is 39.0 Å². The minimum absolute atomic E-state index is 0.236. The fraction of sp³-hybridized carbons (Fsp3) is 0.375. The van der Waals surface area contributed by atoms with Gasteiger partial charge in [-0.1, -0.05) is 91.0 Å². The van der Waals surface area contributed by atoms with Gasteiger partial charge in [0.2, 0.25) is 5.91 Å². The number of nitrogens with one attached hydrogen (secondary N) is 1. The lowest BCUT2D eigenvalue weighted by molar-refractivity contribution is -0.136. The van der Waals surface area contributed by atoms with Crippen LogP contribution in [0.2, 0.25) is 0 Å². The molecule has 0 radical (unpaired) electrons. The summed E-state index contributed by atoms with van der Waals surface area (Å²) in [6.45, 7) is 2.12. The minimum Gasteiger partial charge on any atom is -0.354 e. The van der Waals surface area contributed by atoms with E-state index in [9.17, 15) is 9.59 Å². The first-order valence-electron chi connectivity index (χ1n) is 13.7. The second kappa shape index (κ2) is 16.5. The fourth-order valence-electron chi connectivity index (χ4n) is 4.61. The van der Waals surface area contributed by atoms with Crippen LogP contribution in [0.5, 0.6) is 0 Å². The molecule has 6 heteroatoms. The number of amides is 1. The van der Waals surface area contributed by atoms with Crippen molar-refractivity contribution in [3.05, 3.63) is 108 Å². The van der Waals surface area contributed by atoms with Gasteiger partial charge in [-0.25, -0.2) is 0 Å². The topological polar surface area (TPSA) is 101 Å². The maximum atomic E-state index is 13.6. The lowest BCUT2D eigenvalue weighted by atomic mass is 9.98. The molecule has 1 unspecified atom stereocenters. The van der Waals surface area contributed by atoms with Gasteiger partial charge in [-0.15, -0.1) is 0 Å². The molecule has 0 saturated heterocycles. The molecule has 0 saturated carbocycles. The highest BCUT2D eigenvalue weighted by molar-refractivity contribution is 6.07. The molecule has 3 aromatic carbocycles. The number of benzene rings is 3. The maximum Gasteiger partial charge on any atom is 0.245 e. The summed E-state index contributed by atoms with van der Waals surface area (Å²) in [6, 6.07) is 28.8. The third-order valence-corrected chi connectivity index (χ3v) is 6.81. The SMILES string of the molecule is NCCC[C@@H](N)C(=O)C(C(=O)NCCCc1ccccc1)N(CCc1ccccc1)CCc1ccccc1. The van der Waals surface area contributed by atoms with E-state index in [-0.39, 0.29) is 11.7 Å². The van der Waals surface area contributed by atoms with Gasteiger partial charge in [0.25, 0.3) is 0 Å². The summed E-state index contributed by atoms with van der Waals surface area (Å²) in [5.41, 5.74) is 15.5. The predicted molar refractivity (Wildman–Crippen MR) is 155 cm³/mol. The Labute approximate surface area is 227 Å². The number of ketones is 1. The minimum atomic E-state index is -0.938. The van der Waals surface area contributed by atoms with E-state index in [1.165, 1.54) is 16.7 Å². The molecule has 6 nitrogen and oxygen atoms in total. The molecule has 0 spiro atoms. The van der Waals surface area contributed by atoms with Gasteiger partial charge in [-0.2, -0.15) is 0 Å². The van der Waals surface area contributed by atoms with E-state index in [1.54, 1.807) is 0 Å². The van der Waals surface area contributed by atoms with E-state index < -0.39 is 12.1 Å². The van der Waals surface area contributed by atoms with Crippen LogP contribution in [0, 0.1) is 0 Å². The van der Waals surface area contributed by atoms with E-state index in [2.05, 4.69) is 41.7 Å². The smallest absolute Gasteiger partial charge is 0.245 e. The second-order valence-electron chi connectivity index (χ2n) is 9.73. The highest BCUT2D eigenvalue weighted by Crippen LogP contribution is 2.12. The van der Waals surface area contributed by atoms with Crippen LogP contribution in [-0.4, -0.2) is 54.9 Å². The van der Waals surface area contributed by atoms with Gasteiger partial charge in [0.05, 0.1) is 6.04 Å². The molecule has 0 aliphatic carbocycles. The largest absolute Gasteiger partial charge is 0.354 e. The lowest BCUT2D eigenvalue weighted by Crippen LogP contribution is -2.57. The van der Waals surface area contributed by atoms with Crippen LogP contribution in [0.25, 0.3) is 0 Å². The third kappa shape index (κ3) is 9.86. The van der Waals surface area contributed by atoms with Crippen molar-refractivity contribution >= 4 is 11.7 Å². The highest BCUT2D eigenvalue weighted by atomic mass is 16.2. The summed E-state index contributed by atoms with van der Waals surface area (Å²) in [6.07, 6.45) is 4.24. The van der Waals surface area contributed by atoms with Crippen molar-refractivity contribution in [3.63, 3.8) is 0 Å². The second-order valence-corrected chi connectivity index (χ2v) is 9.73. The zero-order valence-electron chi connectivity index (χ0n) is 22.3. The average Bonchev–Trinajstić information content (AvgIpc) is 2.96. The van der Waals surface area contributed by atoms with E-state index >= 15 is 0 Å². The number of hydrogen-bond acceptors (Lipinski definition) is 5. The Hall–Kier alpha value is -3.32. The Morgan fingerprint density at radius 3 is 1.66 bits per heavy atom. The molecular weight excluding hydrogens is 472 g/mol. The number of Topliss-reactive ketones (excluding diaryl/α,β-unsaturated/α-hetero) is 1. The van der Waals surface area contributed by atoms with Crippen molar-refractivity contribution in [2.75, 3.05) is 26.2 Å². The number of nitrogens with two attached hydrogens (primary N) is 2. The molecule has 5 N–H and O–H groups in total. The van der Waals surface area contributed by atoms with Gasteiger partial charge in [-0.05, 0) is 61.8 Å². The fourth-order valence-corrected chi connectivity index (χ4v) is 4.61. The molecule has 0 aliphatic heterocycles. The molecule has 1 amide bonds. The first-order chi connectivity index (χ1) is 18.6. The van der Waals surface area contributed by atoms with Crippen molar-refractivity contribution in [1.29, 1.82) is 0 Å². The van der Waals surface area contributed by atoms with Crippen LogP contribution in [-0.2, 0) is 28.9 Å². The summed E-state index contributed by atoms with van der Waals surface area (Å²) in [7, 11) is 0. The molecule has 3 rings (SSSR count). The third-order valence-electron chi connectivity index (χ3n) is 6.81. The number of carbonyl (C=O) groups excluding carboxylic acids is 2. The quantitative estimate of drug-likeness (QED) is 0.189. The highest BCUT2D eigenvalue weighted by Gasteiger charge is 2.35. The molecule has 3 aromatic rings. The van der Waals surface area contributed by atoms with E-state index in [4.69, 9.17) is 11.5 Å². The van der Waals surface area contributed by atoms with Crippen molar-refractivity contribution in [2.24, 2.45) is 11.5 Å². The number of nitrogens with zero attached hydrogens (tertiary/aromatic N) is 1. The summed E-state index contributed by atoms with van der Waals surface area (Å²) in [5.74, 6) is -0.507. The number of aryl methyl sites for hydroxylation is 1. The van der Waals surface area contributed by atoms with Gasteiger partial charge in [-0.3, -0.25) is 14.5 Å². The van der Waals surface area contributed by atoms with Crippen LogP contribution in [0.3, 0.4) is 0 Å². The zero-order valence-corrected chi connectivity index (χ0v) is 22.3. The molecule has 38 heavy (non-hydrogen) atoms. The van der Waals surface area contributed by atoms with Crippen LogP contribution in [0.4, 0.5) is 0 Å².